The van der Waals surface area contributed by atoms with Gasteiger partial charge in [-0.3, -0.25) is 9.59 Å². The fourth-order valence-corrected chi connectivity index (χ4v) is 1.47. The monoisotopic (exact) mass is 264 g/mol. The molecule has 0 aliphatic carbocycles. The second-order valence-corrected chi connectivity index (χ2v) is 4.42. The van der Waals surface area contributed by atoms with Gasteiger partial charge in [-0.1, -0.05) is 17.7 Å². The second kappa shape index (κ2) is 9.14. The molecule has 0 spiro atoms. The van der Waals surface area contributed by atoms with Gasteiger partial charge in [-0.05, 0) is 32.9 Å². The Kier molecular flexibility index (Phi) is 8.25. The van der Waals surface area contributed by atoms with E-state index in [1.54, 1.807) is 14.1 Å². The van der Waals surface area contributed by atoms with Crippen LogP contribution in [0.25, 0.3) is 0 Å². The predicted molar refractivity (Wildman–Crippen MR) is 78.2 cm³/mol. The van der Waals surface area contributed by atoms with Crippen molar-refractivity contribution in [2.24, 2.45) is 0 Å². The van der Waals surface area contributed by atoms with Crippen molar-refractivity contribution < 1.29 is 9.59 Å². The maximum Gasteiger partial charge on any atom is 0.253 e. The van der Waals surface area contributed by atoms with Crippen LogP contribution in [0.15, 0.2) is 24.3 Å². The van der Waals surface area contributed by atoms with Crippen LogP contribution in [0.3, 0.4) is 0 Å². The Labute approximate surface area is 116 Å². The lowest BCUT2D eigenvalue weighted by molar-refractivity contribution is -0.115. The average molecular weight is 264 g/mol. The van der Waals surface area contributed by atoms with E-state index in [-0.39, 0.29) is 5.91 Å². The molecule has 0 radical (unpaired) electrons. The fraction of sp³-hybridized carbons (Fsp3) is 0.467. The van der Waals surface area contributed by atoms with Gasteiger partial charge in [0.15, 0.2) is 0 Å². The first kappa shape index (κ1) is 17.2. The second-order valence-electron chi connectivity index (χ2n) is 4.42. The molecule has 4 heteroatoms. The summed E-state index contributed by atoms with van der Waals surface area (Å²) in [5, 5.41) is 0. The largest absolute Gasteiger partial charge is 0.351 e. The van der Waals surface area contributed by atoms with Gasteiger partial charge in [0, 0.05) is 32.7 Å². The van der Waals surface area contributed by atoms with Crippen LogP contribution in [0, 0.1) is 6.92 Å². The van der Waals surface area contributed by atoms with Gasteiger partial charge in [-0.15, -0.1) is 0 Å². The van der Waals surface area contributed by atoms with Crippen LogP contribution in [-0.2, 0) is 4.79 Å². The lowest BCUT2D eigenvalue weighted by Crippen LogP contribution is -2.30. The van der Waals surface area contributed by atoms with Gasteiger partial charge >= 0.3 is 0 Å². The molecule has 0 unspecified atom stereocenters. The van der Waals surface area contributed by atoms with Crippen LogP contribution in [-0.4, -0.2) is 49.3 Å². The first-order chi connectivity index (χ1) is 8.96. The number of hydrogen-bond donors (Lipinski definition) is 0. The van der Waals surface area contributed by atoms with E-state index in [2.05, 4.69) is 0 Å². The summed E-state index contributed by atoms with van der Waals surface area (Å²) in [4.78, 5) is 24.6. The van der Waals surface area contributed by atoms with E-state index < -0.39 is 0 Å². The topological polar surface area (TPSA) is 40.6 Å². The summed E-state index contributed by atoms with van der Waals surface area (Å²) in [6.45, 7) is 7.53. The maximum atomic E-state index is 11.9. The molecule has 0 aromatic heterocycles. The van der Waals surface area contributed by atoms with Crippen molar-refractivity contribution in [1.82, 2.24) is 9.80 Å². The molecule has 0 saturated carbocycles. The SMILES string of the molecule is CCN(CC)C(=O)c1cccc(C)c1.CN(C)C=O. The summed E-state index contributed by atoms with van der Waals surface area (Å²) in [5.41, 5.74) is 1.91. The zero-order valence-corrected chi connectivity index (χ0v) is 12.5. The number of rotatable bonds is 4. The lowest BCUT2D eigenvalue weighted by atomic mass is 10.1. The summed E-state index contributed by atoms with van der Waals surface area (Å²) < 4.78 is 0. The molecule has 0 heterocycles. The predicted octanol–water partition coefficient (Wildman–Crippen LogP) is 2.18. The number of carbonyl (C=O) groups is 2. The smallest absolute Gasteiger partial charge is 0.253 e. The van der Waals surface area contributed by atoms with Crippen LogP contribution < -0.4 is 0 Å². The fourth-order valence-electron chi connectivity index (χ4n) is 1.47. The third-order valence-electron chi connectivity index (χ3n) is 2.53. The van der Waals surface area contributed by atoms with Crippen LogP contribution in [0.5, 0.6) is 0 Å². The molecule has 0 saturated heterocycles. The first-order valence-corrected chi connectivity index (χ1v) is 6.43. The molecule has 0 bridgehead atoms. The molecule has 1 aromatic carbocycles. The molecule has 106 valence electrons. The Bertz CT molecular complexity index is 399. The molecule has 2 amide bonds. The van der Waals surface area contributed by atoms with Gasteiger partial charge in [0.1, 0.15) is 0 Å². The molecule has 1 rings (SSSR count). The Hall–Kier alpha value is -1.84. The number of amides is 2. The molecular weight excluding hydrogens is 240 g/mol. The van der Waals surface area contributed by atoms with Crippen LogP contribution in [0.1, 0.15) is 29.8 Å². The molecule has 0 N–H and O–H groups in total. The molecule has 0 atom stereocenters. The van der Waals surface area contributed by atoms with Gasteiger partial charge in [0.25, 0.3) is 5.91 Å². The zero-order chi connectivity index (χ0) is 14.8. The number of aryl methyl sites for hydroxylation is 1. The van der Waals surface area contributed by atoms with E-state index in [9.17, 15) is 9.59 Å². The summed E-state index contributed by atoms with van der Waals surface area (Å²) in [6, 6.07) is 7.72. The highest BCUT2D eigenvalue weighted by molar-refractivity contribution is 5.94. The summed E-state index contributed by atoms with van der Waals surface area (Å²) >= 11 is 0. The van der Waals surface area contributed by atoms with Crippen molar-refractivity contribution in [3.05, 3.63) is 35.4 Å². The lowest BCUT2D eigenvalue weighted by Gasteiger charge is -2.18. The van der Waals surface area contributed by atoms with Gasteiger partial charge in [-0.2, -0.15) is 0 Å². The summed E-state index contributed by atoms with van der Waals surface area (Å²) in [5.74, 6) is 0.124. The highest BCUT2D eigenvalue weighted by Gasteiger charge is 2.11. The standard InChI is InChI=1S/C12H17NO.C3H7NO/c1-4-13(5-2)12(14)11-8-6-7-10(3)9-11;1-4(2)3-5/h6-9H,4-5H2,1-3H3;3H,1-2H3. The first-order valence-electron chi connectivity index (χ1n) is 6.43. The minimum atomic E-state index is 0.124. The molecular formula is C15H24N2O2. The van der Waals surface area contributed by atoms with Crippen molar-refractivity contribution in [3.63, 3.8) is 0 Å². The van der Waals surface area contributed by atoms with Gasteiger partial charge < -0.3 is 9.80 Å². The molecule has 0 aliphatic heterocycles. The Morgan fingerprint density at radius 3 is 2.11 bits per heavy atom. The van der Waals surface area contributed by atoms with Crippen molar-refractivity contribution in [2.45, 2.75) is 20.8 Å². The molecule has 1 aromatic rings. The third kappa shape index (κ3) is 6.60. The highest BCUT2D eigenvalue weighted by Crippen LogP contribution is 2.07. The number of nitrogens with zero attached hydrogens (tertiary/aromatic N) is 2. The normalized spacial score (nSPS) is 9.11. The average Bonchev–Trinajstić information content (AvgIpc) is 2.40. The minimum Gasteiger partial charge on any atom is -0.351 e. The number of hydrogen-bond acceptors (Lipinski definition) is 2. The van der Waals surface area contributed by atoms with Gasteiger partial charge in [0.05, 0.1) is 0 Å². The van der Waals surface area contributed by atoms with E-state index in [1.807, 2.05) is 49.9 Å². The van der Waals surface area contributed by atoms with Gasteiger partial charge in [-0.25, -0.2) is 0 Å². The van der Waals surface area contributed by atoms with Crippen molar-refractivity contribution in [3.8, 4) is 0 Å². The van der Waals surface area contributed by atoms with Crippen molar-refractivity contribution in [1.29, 1.82) is 0 Å². The van der Waals surface area contributed by atoms with E-state index in [4.69, 9.17) is 0 Å². The Morgan fingerprint density at radius 2 is 1.74 bits per heavy atom. The Balaban J connectivity index is 0.000000555. The maximum absolute atomic E-state index is 11.9. The highest BCUT2D eigenvalue weighted by atomic mass is 16.2. The molecule has 0 aliphatic rings. The van der Waals surface area contributed by atoms with E-state index >= 15 is 0 Å². The minimum absolute atomic E-state index is 0.124. The molecule has 0 fully saturated rings. The summed E-state index contributed by atoms with van der Waals surface area (Å²) in [6.07, 6.45) is 0.750. The van der Waals surface area contributed by atoms with Crippen LogP contribution in [0.4, 0.5) is 0 Å². The molecule has 4 nitrogen and oxygen atoms in total. The van der Waals surface area contributed by atoms with E-state index in [0.717, 1.165) is 30.6 Å². The van der Waals surface area contributed by atoms with E-state index in [0.29, 0.717) is 0 Å². The van der Waals surface area contributed by atoms with Gasteiger partial charge in [0.2, 0.25) is 6.41 Å². The van der Waals surface area contributed by atoms with Crippen molar-refractivity contribution in [2.75, 3.05) is 27.2 Å². The van der Waals surface area contributed by atoms with E-state index in [1.165, 1.54) is 4.90 Å². The molecule has 19 heavy (non-hydrogen) atoms. The number of carbonyl (C=O) groups excluding carboxylic acids is 2. The quantitative estimate of drug-likeness (QED) is 0.782. The summed E-state index contributed by atoms with van der Waals surface area (Å²) in [7, 11) is 3.38. The van der Waals surface area contributed by atoms with Crippen molar-refractivity contribution >= 4 is 12.3 Å². The number of benzene rings is 1. The van der Waals surface area contributed by atoms with Crippen LogP contribution in [0.2, 0.25) is 0 Å². The Morgan fingerprint density at radius 1 is 1.21 bits per heavy atom. The van der Waals surface area contributed by atoms with Crippen LogP contribution >= 0.6 is 0 Å². The zero-order valence-electron chi connectivity index (χ0n) is 12.5. The third-order valence-corrected chi connectivity index (χ3v) is 2.53.